The molecule has 0 bridgehead atoms. The molecule has 2 aliphatic rings. The number of aryl methyl sites for hydroxylation is 1. The Labute approximate surface area is 187 Å². The van der Waals surface area contributed by atoms with Crippen molar-refractivity contribution in [2.24, 2.45) is 5.92 Å². The maximum atomic E-state index is 13.1. The third-order valence-corrected chi connectivity index (χ3v) is 7.41. The van der Waals surface area contributed by atoms with E-state index in [4.69, 9.17) is 9.47 Å². The number of nitrogens with zero attached hydrogens (tertiary/aromatic N) is 1. The Hall–Kier alpha value is -2.91. The maximum Gasteiger partial charge on any atom is 0.254 e. The quantitative estimate of drug-likeness (QED) is 0.691. The van der Waals surface area contributed by atoms with Crippen LogP contribution in [0, 0.1) is 12.8 Å². The second kappa shape index (κ2) is 8.91. The number of piperidine rings is 1. The van der Waals surface area contributed by atoms with E-state index in [0.29, 0.717) is 67.3 Å². The van der Waals surface area contributed by atoms with Gasteiger partial charge in [0.15, 0.2) is 17.3 Å². The lowest BCUT2D eigenvalue weighted by Gasteiger charge is -2.32. The van der Waals surface area contributed by atoms with Crippen molar-refractivity contribution in [1.82, 2.24) is 9.62 Å². The van der Waals surface area contributed by atoms with Gasteiger partial charge in [0.1, 0.15) is 13.2 Å². The molecule has 2 aromatic carbocycles. The molecule has 0 saturated carbocycles. The van der Waals surface area contributed by atoms with Gasteiger partial charge in [0, 0.05) is 30.1 Å². The number of sulfonamides is 1. The molecule has 2 aromatic rings. The molecular weight excluding hydrogens is 432 g/mol. The standard InChI is InChI=1S/C23H26N2O6S/c1-15-3-5-18(32(28,29)24-2)14-19(15)23(27)25-9-7-16(8-10-25)22(26)17-4-6-20-21(13-17)31-12-11-30-20/h3-6,13-14,16,24H,7-12H2,1-2H3. The SMILES string of the molecule is CNS(=O)(=O)c1ccc(C)c(C(=O)N2CCC(C(=O)c3ccc4c(c3)OCCO4)CC2)c1. The predicted octanol–water partition coefficient (Wildman–Crippen LogP) is 2.41. The molecule has 9 heteroatoms. The molecule has 0 atom stereocenters. The van der Waals surface area contributed by atoms with Gasteiger partial charge in [-0.15, -0.1) is 0 Å². The van der Waals surface area contributed by atoms with Crippen LogP contribution in [0.3, 0.4) is 0 Å². The van der Waals surface area contributed by atoms with Gasteiger partial charge in [0.25, 0.3) is 5.91 Å². The summed E-state index contributed by atoms with van der Waals surface area (Å²) in [5.41, 5.74) is 1.65. The van der Waals surface area contributed by atoms with Gasteiger partial charge >= 0.3 is 0 Å². The number of hydrogen-bond donors (Lipinski definition) is 1. The van der Waals surface area contributed by atoms with E-state index in [2.05, 4.69) is 4.72 Å². The van der Waals surface area contributed by atoms with Gasteiger partial charge in [-0.25, -0.2) is 13.1 Å². The van der Waals surface area contributed by atoms with E-state index < -0.39 is 10.0 Å². The minimum Gasteiger partial charge on any atom is -0.486 e. The number of likely N-dealkylation sites (tertiary alicyclic amines) is 1. The molecule has 1 N–H and O–H groups in total. The third kappa shape index (κ3) is 4.35. The van der Waals surface area contributed by atoms with E-state index in [1.54, 1.807) is 36.1 Å². The van der Waals surface area contributed by atoms with Gasteiger partial charge in [0.05, 0.1) is 4.90 Å². The second-order valence-electron chi connectivity index (χ2n) is 7.97. The first-order chi connectivity index (χ1) is 15.3. The molecule has 2 aliphatic heterocycles. The van der Waals surface area contributed by atoms with Crippen LogP contribution in [0.25, 0.3) is 0 Å². The predicted molar refractivity (Wildman–Crippen MR) is 118 cm³/mol. The average Bonchev–Trinajstić information content (AvgIpc) is 2.83. The first-order valence-corrected chi connectivity index (χ1v) is 12.1. The zero-order chi connectivity index (χ0) is 22.9. The number of carbonyl (C=O) groups excluding carboxylic acids is 2. The zero-order valence-electron chi connectivity index (χ0n) is 18.1. The van der Waals surface area contributed by atoms with E-state index in [9.17, 15) is 18.0 Å². The van der Waals surface area contributed by atoms with E-state index in [1.807, 2.05) is 0 Å². The maximum absolute atomic E-state index is 13.1. The summed E-state index contributed by atoms with van der Waals surface area (Å²) in [6.45, 7) is 3.60. The Bertz CT molecular complexity index is 1150. The number of hydrogen-bond acceptors (Lipinski definition) is 6. The minimum absolute atomic E-state index is 0.0346. The largest absolute Gasteiger partial charge is 0.486 e. The number of amides is 1. The van der Waals surface area contributed by atoms with Gasteiger partial charge in [-0.3, -0.25) is 9.59 Å². The number of fused-ring (bicyclic) bond motifs is 1. The third-order valence-electron chi connectivity index (χ3n) is 6.00. The Morgan fingerprint density at radius 1 is 1.00 bits per heavy atom. The van der Waals surface area contributed by atoms with Gasteiger partial charge < -0.3 is 14.4 Å². The van der Waals surface area contributed by atoms with Crippen molar-refractivity contribution in [1.29, 1.82) is 0 Å². The molecule has 0 spiro atoms. The fourth-order valence-electron chi connectivity index (χ4n) is 4.06. The van der Waals surface area contributed by atoms with Crippen molar-refractivity contribution in [3.63, 3.8) is 0 Å². The lowest BCUT2D eigenvalue weighted by molar-refractivity contribution is 0.0649. The Balaban J connectivity index is 1.44. The van der Waals surface area contributed by atoms with Crippen molar-refractivity contribution in [3.05, 3.63) is 53.1 Å². The zero-order valence-corrected chi connectivity index (χ0v) is 18.9. The summed E-state index contributed by atoms with van der Waals surface area (Å²) in [5, 5.41) is 0. The molecule has 0 aromatic heterocycles. The molecule has 8 nitrogen and oxygen atoms in total. The second-order valence-corrected chi connectivity index (χ2v) is 9.86. The van der Waals surface area contributed by atoms with Crippen molar-refractivity contribution in [2.75, 3.05) is 33.4 Å². The summed E-state index contributed by atoms with van der Waals surface area (Å²) in [4.78, 5) is 27.8. The molecule has 0 aliphatic carbocycles. The number of nitrogens with one attached hydrogen (secondary N) is 1. The van der Waals surface area contributed by atoms with Crippen LogP contribution in [0.4, 0.5) is 0 Å². The van der Waals surface area contributed by atoms with E-state index in [1.165, 1.54) is 19.2 Å². The lowest BCUT2D eigenvalue weighted by Crippen LogP contribution is -2.40. The summed E-state index contributed by atoms with van der Waals surface area (Å²) >= 11 is 0. The molecule has 1 amide bonds. The molecule has 1 fully saturated rings. The fraction of sp³-hybridized carbons (Fsp3) is 0.391. The minimum atomic E-state index is -3.64. The monoisotopic (exact) mass is 458 g/mol. The molecule has 170 valence electrons. The molecule has 0 unspecified atom stereocenters. The first kappa shape index (κ1) is 22.3. The summed E-state index contributed by atoms with van der Waals surface area (Å²) in [5.74, 6) is 0.861. The Morgan fingerprint density at radius 2 is 1.69 bits per heavy atom. The normalized spacial score (nSPS) is 16.6. The highest BCUT2D eigenvalue weighted by Gasteiger charge is 2.30. The first-order valence-electron chi connectivity index (χ1n) is 10.6. The molecule has 4 rings (SSSR count). The van der Waals surface area contributed by atoms with E-state index in [0.717, 1.165) is 0 Å². The molecular formula is C23H26N2O6S. The van der Waals surface area contributed by atoms with E-state index in [-0.39, 0.29) is 22.5 Å². The summed E-state index contributed by atoms with van der Waals surface area (Å²) < 4.78 is 37.6. The van der Waals surface area contributed by atoms with Crippen molar-refractivity contribution in [3.8, 4) is 11.5 Å². The Kier molecular flexibility index (Phi) is 6.21. The number of ether oxygens (including phenoxy) is 2. The lowest BCUT2D eigenvalue weighted by atomic mass is 9.88. The van der Waals surface area contributed by atoms with Crippen LogP contribution in [0.2, 0.25) is 0 Å². The number of carbonyl (C=O) groups is 2. The van der Waals surface area contributed by atoms with Crippen LogP contribution in [0.15, 0.2) is 41.3 Å². The molecule has 0 radical (unpaired) electrons. The van der Waals surface area contributed by atoms with Gasteiger partial charge in [-0.1, -0.05) is 6.07 Å². The fourth-order valence-corrected chi connectivity index (χ4v) is 4.82. The summed E-state index contributed by atoms with van der Waals surface area (Å²) in [6, 6.07) is 9.77. The highest BCUT2D eigenvalue weighted by molar-refractivity contribution is 7.89. The smallest absolute Gasteiger partial charge is 0.254 e. The number of rotatable bonds is 5. The highest BCUT2D eigenvalue weighted by atomic mass is 32.2. The van der Waals surface area contributed by atoms with Crippen LogP contribution < -0.4 is 14.2 Å². The van der Waals surface area contributed by atoms with E-state index >= 15 is 0 Å². The topological polar surface area (TPSA) is 102 Å². The number of Topliss-reactive ketones (excluding diaryl/α,β-unsaturated/α-hetero) is 1. The molecule has 32 heavy (non-hydrogen) atoms. The molecule has 1 saturated heterocycles. The Morgan fingerprint density at radius 3 is 2.38 bits per heavy atom. The number of benzene rings is 2. The van der Waals surface area contributed by atoms with Crippen LogP contribution in [0.5, 0.6) is 11.5 Å². The average molecular weight is 459 g/mol. The highest BCUT2D eigenvalue weighted by Crippen LogP contribution is 2.33. The summed E-state index contributed by atoms with van der Waals surface area (Å²) in [7, 11) is -2.31. The van der Waals surface area contributed by atoms with Crippen molar-refractivity contribution in [2.45, 2.75) is 24.7 Å². The van der Waals surface area contributed by atoms with Crippen molar-refractivity contribution >= 4 is 21.7 Å². The van der Waals surface area contributed by atoms with Crippen LogP contribution >= 0.6 is 0 Å². The number of ketones is 1. The summed E-state index contributed by atoms with van der Waals surface area (Å²) in [6.07, 6.45) is 1.10. The van der Waals surface area contributed by atoms with Gasteiger partial charge in [-0.05, 0) is 62.7 Å². The van der Waals surface area contributed by atoms with Crippen molar-refractivity contribution < 1.29 is 27.5 Å². The molecule has 2 heterocycles. The van der Waals surface area contributed by atoms with Crippen LogP contribution in [-0.2, 0) is 10.0 Å². The van der Waals surface area contributed by atoms with Crippen LogP contribution in [0.1, 0.15) is 39.1 Å². The van der Waals surface area contributed by atoms with Gasteiger partial charge in [-0.2, -0.15) is 0 Å². The van der Waals surface area contributed by atoms with Gasteiger partial charge in [0.2, 0.25) is 10.0 Å². The van der Waals surface area contributed by atoms with Crippen LogP contribution in [-0.4, -0.2) is 58.4 Å².